The molecule has 0 aromatic heterocycles. The maximum absolute atomic E-state index is 12.0. The van der Waals surface area contributed by atoms with Gasteiger partial charge in [0.25, 0.3) is 5.91 Å². The minimum absolute atomic E-state index is 0.183. The Kier molecular flexibility index (Phi) is 4.38. The molecule has 0 saturated heterocycles. The van der Waals surface area contributed by atoms with Gasteiger partial charge in [-0.05, 0) is 36.3 Å². The van der Waals surface area contributed by atoms with Crippen molar-refractivity contribution in [3.63, 3.8) is 0 Å². The number of allylic oxidation sites excluding steroid dienone is 1. The van der Waals surface area contributed by atoms with Gasteiger partial charge < -0.3 is 9.47 Å². The number of carbonyl (C=O) groups excluding carboxylic acids is 1. The van der Waals surface area contributed by atoms with E-state index in [1.165, 1.54) is 0 Å². The number of carbonyl (C=O) groups is 1. The highest BCUT2D eigenvalue weighted by Gasteiger charge is 2.15. The van der Waals surface area contributed by atoms with Crippen LogP contribution < -0.4 is 14.9 Å². The molecule has 1 aliphatic heterocycles. The summed E-state index contributed by atoms with van der Waals surface area (Å²) in [5, 5.41) is 3.97. The fourth-order valence-corrected chi connectivity index (χ4v) is 2.14. The summed E-state index contributed by atoms with van der Waals surface area (Å²) in [6.07, 6.45) is 3.59. The van der Waals surface area contributed by atoms with Crippen LogP contribution in [0.1, 0.15) is 22.8 Å². The zero-order valence-corrected chi connectivity index (χ0v) is 12.7. The molecule has 1 N–H and O–H groups in total. The van der Waals surface area contributed by atoms with Crippen molar-refractivity contribution in [2.75, 3.05) is 6.79 Å². The van der Waals surface area contributed by atoms with Gasteiger partial charge in [0, 0.05) is 5.56 Å². The number of nitrogens with zero attached hydrogens (tertiary/aromatic N) is 1. The van der Waals surface area contributed by atoms with E-state index in [9.17, 15) is 4.79 Å². The lowest BCUT2D eigenvalue weighted by atomic mass is 10.1. The average molecular weight is 308 g/mol. The van der Waals surface area contributed by atoms with E-state index in [4.69, 9.17) is 9.47 Å². The summed E-state index contributed by atoms with van der Waals surface area (Å²) in [5.41, 5.74) is 4.98. The van der Waals surface area contributed by atoms with E-state index in [1.807, 2.05) is 43.3 Å². The predicted molar refractivity (Wildman–Crippen MR) is 88.6 cm³/mol. The van der Waals surface area contributed by atoms with E-state index < -0.39 is 0 Å². The maximum atomic E-state index is 12.0. The number of amides is 1. The van der Waals surface area contributed by atoms with Crippen LogP contribution in [0.25, 0.3) is 6.08 Å². The summed E-state index contributed by atoms with van der Waals surface area (Å²) in [7, 11) is 0. The molecular weight excluding hydrogens is 292 g/mol. The smallest absolute Gasteiger partial charge is 0.271 e. The molecular formula is C18H16N2O3. The van der Waals surface area contributed by atoms with Crippen LogP contribution in [0.3, 0.4) is 0 Å². The molecule has 0 aliphatic carbocycles. The van der Waals surface area contributed by atoms with Gasteiger partial charge in [0.1, 0.15) is 0 Å². The van der Waals surface area contributed by atoms with Crippen LogP contribution in [0, 0.1) is 0 Å². The Bertz CT molecular complexity index is 767. The molecule has 1 aliphatic rings. The highest BCUT2D eigenvalue weighted by molar-refractivity contribution is 5.95. The first-order valence-corrected chi connectivity index (χ1v) is 7.19. The minimum Gasteiger partial charge on any atom is -0.454 e. The van der Waals surface area contributed by atoms with E-state index in [0.717, 1.165) is 11.1 Å². The van der Waals surface area contributed by atoms with Crippen LogP contribution in [0.4, 0.5) is 0 Å². The number of fused-ring (bicyclic) bond motifs is 1. The van der Waals surface area contributed by atoms with Crippen LogP contribution in [0.2, 0.25) is 0 Å². The van der Waals surface area contributed by atoms with Crippen LogP contribution in [0.15, 0.2) is 59.2 Å². The van der Waals surface area contributed by atoms with Crippen molar-refractivity contribution in [3.05, 3.63) is 65.2 Å². The minimum atomic E-state index is -0.299. The number of nitrogens with one attached hydrogen (secondary N) is 1. The van der Waals surface area contributed by atoms with Gasteiger partial charge in [0.05, 0.1) is 6.21 Å². The molecule has 0 saturated carbocycles. The predicted octanol–water partition coefficient (Wildman–Crippen LogP) is 3.23. The van der Waals surface area contributed by atoms with Gasteiger partial charge in [-0.2, -0.15) is 5.10 Å². The van der Waals surface area contributed by atoms with E-state index in [1.54, 1.807) is 24.4 Å². The summed E-state index contributed by atoms with van der Waals surface area (Å²) in [6, 6.07) is 14.9. The third-order valence-electron chi connectivity index (χ3n) is 3.26. The normalized spacial score (nSPS) is 13.3. The van der Waals surface area contributed by atoms with Crippen molar-refractivity contribution < 1.29 is 14.3 Å². The largest absolute Gasteiger partial charge is 0.454 e. The number of hydrazone groups is 1. The molecule has 0 radical (unpaired) electrons. The lowest BCUT2D eigenvalue weighted by Gasteiger charge is -2.01. The average Bonchev–Trinajstić information content (AvgIpc) is 3.03. The fraction of sp³-hybridized carbons (Fsp3) is 0.111. The van der Waals surface area contributed by atoms with Gasteiger partial charge in [-0.15, -0.1) is 0 Å². The van der Waals surface area contributed by atoms with Gasteiger partial charge in [0.2, 0.25) is 6.79 Å². The lowest BCUT2D eigenvalue weighted by molar-refractivity contribution is 0.0954. The lowest BCUT2D eigenvalue weighted by Crippen LogP contribution is -2.17. The first kappa shape index (κ1) is 14.8. The summed E-state index contributed by atoms with van der Waals surface area (Å²) < 4.78 is 10.5. The van der Waals surface area contributed by atoms with Crippen LogP contribution in [-0.4, -0.2) is 18.9 Å². The molecule has 5 heteroatoms. The van der Waals surface area contributed by atoms with E-state index >= 15 is 0 Å². The SMILES string of the molecule is CC(/C=N/NC(=O)c1ccc2c(c1)OCO2)=C\c1ccccc1. The molecule has 23 heavy (non-hydrogen) atoms. The van der Waals surface area contributed by atoms with Gasteiger partial charge in [0.15, 0.2) is 11.5 Å². The molecule has 5 nitrogen and oxygen atoms in total. The first-order chi connectivity index (χ1) is 11.2. The quantitative estimate of drug-likeness (QED) is 0.697. The topological polar surface area (TPSA) is 59.9 Å². The summed E-state index contributed by atoms with van der Waals surface area (Å²) in [6.45, 7) is 2.10. The molecule has 2 aromatic rings. The molecule has 0 bridgehead atoms. The third-order valence-corrected chi connectivity index (χ3v) is 3.26. The van der Waals surface area contributed by atoms with Crippen molar-refractivity contribution in [1.29, 1.82) is 0 Å². The van der Waals surface area contributed by atoms with Crippen LogP contribution >= 0.6 is 0 Å². The molecule has 1 amide bonds. The van der Waals surface area contributed by atoms with Gasteiger partial charge in [-0.25, -0.2) is 5.43 Å². The fourth-order valence-electron chi connectivity index (χ4n) is 2.14. The first-order valence-electron chi connectivity index (χ1n) is 7.19. The Morgan fingerprint density at radius 2 is 1.91 bits per heavy atom. The Labute approximate surface area is 134 Å². The van der Waals surface area contributed by atoms with Crippen molar-refractivity contribution >= 4 is 18.2 Å². The second-order valence-corrected chi connectivity index (χ2v) is 5.07. The zero-order chi connectivity index (χ0) is 16.1. The van der Waals surface area contributed by atoms with Gasteiger partial charge >= 0.3 is 0 Å². The van der Waals surface area contributed by atoms with Crippen LogP contribution in [0.5, 0.6) is 11.5 Å². The Morgan fingerprint density at radius 1 is 1.13 bits per heavy atom. The number of hydrogen-bond acceptors (Lipinski definition) is 4. The van der Waals surface area contributed by atoms with Crippen molar-refractivity contribution in [2.24, 2.45) is 5.10 Å². The molecule has 3 rings (SSSR count). The summed E-state index contributed by atoms with van der Waals surface area (Å²) in [5.74, 6) is 0.917. The highest BCUT2D eigenvalue weighted by atomic mass is 16.7. The molecule has 1 heterocycles. The Morgan fingerprint density at radius 3 is 2.74 bits per heavy atom. The monoisotopic (exact) mass is 308 g/mol. The molecule has 2 aromatic carbocycles. The molecule has 116 valence electrons. The van der Waals surface area contributed by atoms with E-state index in [-0.39, 0.29) is 12.7 Å². The molecule has 0 unspecified atom stereocenters. The summed E-state index contributed by atoms with van der Waals surface area (Å²) in [4.78, 5) is 12.0. The number of hydrogen-bond donors (Lipinski definition) is 1. The molecule has 0 spiro atoms. The van der Waals surface area contributed by atoms with Crippen molar-refractivity contribution in [2.45, 2.75) is 6.92 Å². The number of benzene rings is 2. The van der Waals surface area contributed by atoms with Gasteiger partial charge in [-0.3, -0.25) is 4.79 Å². The Balaban J connectivity index is 1.61. The van der Waals surface area contributed by atoms with Gasteiger partial charge in [-0.1, -0.05) is 36.4 Å². The standard InChI is InChI=1S/C18H16N2O3/c1-13(9-14-5-3-2-4-6-14)11-19-20-18(21)15-7-8-16-17(10-15)23-12-22-16/h2-11H,12H2,1H3,(H,20,21)/b13-9+,19-11+. The number of ether oxygens (including phenoxy) is 2. The van der Waals surface area contributed by atoms with Crippen LogP contribution in [-0.2, 0) is 0 Å². The van der Waals surface area contributed by atoms with E-state index in [0.29, 0.717) is 17.1 Å². The second-order valence-electron chi connectivity index (χ2n) is 5.07. The highest BCUT2D eigenvalue weighted by Crippen LogP contribution is 2.32. The van der Waals surface area contributed by atoms with Crippen molar-refractivity contribution in [3.8, 4) is 11.5 Å². The van der Waals surface area contributed by atoms with E-state index in [2.05, 4.69) is 10.5 Å². The number of rotatable bonds is 4. The summed E-state index contributed by atoms with van der Waals surface area (Å²) >= 11 is 0. The Hall–Kier alpha value is -3.08. The second kappa shape index (κ2) is 6.79. The molecule has 0 atom stereocenters. The van der Waals surface area contributed by atoms with Crippen molar-refractivity contribution in [1.82, 2.24) is 5.43 Å². The third kappa shape index (κ3) is 3.77. The zero-order valence-electron chi connectivity index (χ0n) is 12.7. The molecule has 0 fully saturated rings. The maximum Gasteiger partial charge on any atom is 0.271 e.